The van der Waals surface area contributed by atoms with Crippen molar-refractivity contribution in [2.24, 2.45) is 22.7 Å². The third-order valence-corrected chi connectivity index (χ3v) is 5.35. The largest absolute Gasteiger partial charge is 0.0654 e. The summed E-state index contributed by atoms with van der Waals surface area (Å²) in [6, 6.07) is 0. The van der Waals surface area contributed by atoms with E-state index < -0.39 is 0 Å². The fourth-order valence-corrected chi connectivity index (χ4v) is 4.32. The predicted molar refractivity (Wildman–Crippen MR) is 57.6 cm³/mol. The average molecular weight is 180 g/mol. The van der Waals surface area contributed by atoms with Crippen LogP contribution in [0, 0.1) is 22.7 Å². The van der Waals surface area contributed by atoms with Crippen molar-refractivity contribution in [1.29, 1.82) is 0 Å². The van der Waals surface area contributed by atoms with Crippen molar-refractivity contribution in [2.75, 3.05) is 0 Å². The summed E-state index contributed by atoms with van der Waals surface area (Å²) < 4.78 is 0. The highest BCUT2D eigenvalue weighted by Gasteiger charge is 2.75. The minimum Gasteiger partial charge on any atom is -0.0654 e. The van der Waals surface area contributed by atoms with Crippen molar-refractivity contribution in [1.82, 2.24) is 0 Å². The van der Waals surface area contributed by atoms with E-state index in [2.05, 4.69) is 27.7 Å². The first kappa shape index (κ1) is 9.55. The van der Waals surface area contributed by atoms with Crippen molar-refractivity contribution >= 4 is 0 Å². The molecule has 0 aromatic heterocycles. The predicted octanol–water partition coefficient (Wildman–Crippen LogP) is 4.25. The molecule has 4 unspecified atom stereocenters. The van der Waals surface area contributed by atoms with E-state index in [0.717, 1.165) is 22.7 Å². The molecule has 76 valence electrons. The molecule has 13 heavy (non-hydrogen) atoms. The van der Waals surface area contributed by atoms with Gasteiger partial charge in [-0.2, -0.15) is 0 Å². The fourth-order valence-electron chi connectivity index (χ4n) is 4.32. The highest BCUT2D eigenvalue weighted by molar-refractivity contribution is 5.23. The molecule has 4 atom stereocenters. The van der Waals surface area contributed by atoms with Gasteiger partial charge in [0.1, 0.15) is 0 Å². The van der Waals surface area contributed by atoms with Crippen molar-refractivity contribution in [2.45, 2.75) is 59.8 Å². The Balaban J connectivity index is 2.06. The number of hydrogen-bond acceptors (Lipinski definition) is 0. The summed E-state index contributed by atoms with van der Waals surface area (Å²) in [5, 5.41) is 0. The van der Waals surface area contributed by atoms with E-state index in [1.54, 1.807) is 6.42 Å². The highest BCUT2D eigenvalue weighted by atomic mass is 14.8. The number of rotatable bonds is 4. The van der Waals surface area contributed by atoms with Gasteiger partial charge in [-0.3, -0.25) is 0 Å². The summed E-state index contributed by atoms with van der Waals surface area (Å²) in [7, 11) is 0. The second-order valence-corrected chi connectivity index (χ2v) is 5.61. The molecule has 0 heterocycles. The quantitative estimate of drug-likeness (QED) is 0.606. The Bertz CT molecular complexity index is 208. The zero-order valence-corrected chi connectivity index (χ0v) is 9.69. The third-order valence-electron chi connectivity index (χ3n) is 5.35. The maximum atomic E-state index is 2.52. The van der Waals surface area contributed by atoms with E-state index in [-0.39, 0.29) is 0 Å². The van der Waals surface area contributed by atoms with Gasteiger partial charge in [-0.05, 0) is 35.5 Å². The standard InChI is InChI=1S/C13H24/c1-5-8-13(7-3)9-10-11(13)12(10,4)6-2/h10-11H,5-9H2,1-4H3. The van der Waals surface area contributed by atoms with E-state index in [1.165, 1.54) is 25.7 Å². The first-order valence-electron chi connectivity index (χ1n) is 6.14. The van der Waals surface area contributed by atoms with Crippen LogP contribution in [0.5, 0.6) is 0 Å². The lowest BCUT2D eigenvalue weighted by Crippen LogP contribution is -2.32. The molecule has 0 bridgehead atoms. The molecule has 2 fully saturated rings. The highest BCUT2D eigenvalue weighted by Crippen LogP contribution is 2.81. The summed E-state index contributed by atoms with van der Waals surface area (Å²) >= 11 is 0. The van der Waals surface area contributed by atoms with Gasteiger partial charge in [0.25, 0.3) is 0 Å². The summed E-state index contributed by atoms with van der Waals surface area (Å²) in [6.07, 6.45) is 7.26. The van der Waals surface area contributed by atoms with E-state index in [1.807, 2.05) is 0 Å². The smallest absolute Gasteiger partial charge is 0.0260 e. The lowest BCUT2D eigenvalue weighted by Gasteiger charge is -2.41. The molecule has 0 spiro atoms. The summed E-state index contributed by atoms with van der Waals surface area (Å²) in [6.45, 7) is 9.65. The van der Waals surface area contributed by atoms with Crippen molar-refractivity contribution in [3.63, 3.8) is 0 Å². The summed E-state index contributed by atoms with van der Waals surface area (Å²) in [4.78, 5) is 0. The van der Waals surface area contributed by atoms with Gasteiger partial charge in [0.05, 0.1) is 0 Å². The van der Waals surface area contributed by atoms with Gasteiger partial charge in [-0.1, -0.05) is 47.0 Å². The van der Waals surface area contributed by atoms with Crippen LogP contribution < -0.4 is 0 Å². The zero-order valence-electron chi connectivity index (χ0n) is 9.69. The van der Waals surface area contributed by atoms with Gasteiger partial charge in [-0.15, -0.1) is 0 Å². The Morgan fingerprint density at radius 1 is 1.15 bits per heavy atom. The van der Waals surface area contributed by atoms with Gasteiger partial charge in [-0.25, -0.2) is 0 Å². The molecule has 0 aromatic carbocycles. The van der Waals surface area contributed by atoms with Gasteiger partial charge >= 0.3 is 0 Å². The molecule has 0 amide bonds. The van der Waals surface area contributed by atoms with Crippen molar-refractivity contribution < 1.29 is 0 Å². The van der Waals surface area contributed by atoms with Gasteiger partial charge < -0.3 is 0 Å². The van der Waals surface area contributed by atoms with Crippen LogP contribution in [0.4, 0.5) is 0 Å². The topological polar surface area (TPSA) is 0 Å². The first-order valence-corrected chi connectivity index (χ1v) is 6.14. The molecule has 2 aliphatic rings. The Kier molecular flexibility index (Phi) is 2.02. The van der Waals surface area contributed by atoms with Crippen LogP contribution in [0.2, 0.25) is 0 Å². The molecule has 2 saturated carbocycles. The first-order chi connectivity index (χ1) is 6.14. The Morgan fingerprint density at radius 2 is 1.85 bits per heavy atom. The molecule has 0 heteroatoms. The molecular weight excluding hydrogens is 156 g/mol. The van der Waals surface area contributed by atoms with Crippen LogP contribution >= 0.6 is 0 Å². The normalized spacial score (nSPS) is 52.6. The van der Waals surface area contributed by atoms with E-state index in [0.29, 0.717) is 0 Å². The van der Waals surface area contributed by atoms with Crippen molar-refractivity contribution in [3.8, 4) is 0 Å². The lowest BCUT2D eigenvalue weighted by atomic mass is 9.64. The summed E-state index contributed by atoms with van der Waals surface area (Å²) in [5.74, 6) is 2.22. The Hall–Kier alpha value is 0. The monoisotopic (exact) mass is 180 g/mol. The Morgan fingerprint density at radius 3 is 2.23 bits per heavy atom. The van der Waals surface area contributed by atoms with Gasteiger partial charge in [0.15, 0.2) is 0 Å². The van der Waals surface area contributed by atoms with Crippen LogP contribution in [-0.4, -0.2) is 0 Å². The molecule has 0 aliphatic heterocycles. The second kappa shape index (κ2) is 2.74. The minimum absolute atomic E-state index is 0.755. The zero-order chi connectivity index (χ0) is 9.69. The molecule has 0 saturated heterocycles. The van der Waals surface area contributed by atoms with Crippen LogP contribution in [-0.2, 0) is 0 Å². The SMILES string of the molecule is CCCC1(CC)CC2C1C2(C)CC. The molecule has 0 N–H and O–H groups in total. The molecule has 2 aliphatic carbocycles. The van der Waals surface area contributed by atoms with Crippen LogP contribution in [0.25, 0.3) is 0 Å². The molecule has 0 aromatic rings. The molecular formula is C13H24. The third kappa shape index (κ3) is 0.980. The molecule has 0 radical (unpaired) electrons. The van der Waals surface area contributed by atoms with Gasteiger partial charge in [0, 0.05) is 0 Å². The van der Waals surface area contributed by atoms with Crippen LogP contribution in [0.1, 0.15) is 59.8 Å². The molecule has 2 rings (SSSR count). The number of hydrogen-bond donors (Lipinski definition) is 0. The maximum Gasteiger partial charge on any atom is -0.0260 e. The second-order valence-electron chi connectivity index (χ2n) is 5.61. The van der Waals surface area contributed by atoms with Crippen LogP contribution in [0.3, 0.4) is 0 Å². The van der Waals surface area contributed by atoms with Crippen molar-refractivity contribution in [3.05, 3.63) is 0 Å². The molecule has 0 nitrogen and oxygen atoms in total. The van der Waals surface area contributed by atoms with E-state index >= 15 is 0 Å². The summed E-state index contributed by atoms with van der Waals surface area (Å²) in [5.41, 5.74) is 1.54. The average Bonchev–Trinajstić information content (AvgIpc) is 2.61. The van der Waals surface area contributed by atoms with E-state index in [9.17, 15) is 0 Å². The Labute approximate surface area is 83.1 Å². The van der Waals surface area contributed by atoms with Crippen LogP contribution in [0.15, 0.2) is 0 Å². The number of fused-ring (bicyclic) bond motifs is 1. The maximum absolute atomic E-state index is 2.52. The lowest BCUT2D eigenvalue weighted by molar-refractivity contribution is 0.0890. The minimum atomic E-state index is 0.755. The fraction of sp³-hybridized carbons (Fsp3) is 1.00. The van der Waals surface area contributed by atoms with E-state index in [4.69, 9.17) is 0 Å². The van der Waals surface area contributed by atoms with Gasteiger partial charge in [0.2, 0.25) is 0 Å².